The zero-order valence-corrected chi connectivity index (χ0v) is 16.9. The fraction of sp³-hybridized carbons (Fsp3) is 0.429. The van der Waals surface area contributed by atoms with E-state index in [1.165, 1.54) is 11.1 Å². The number of halogens is 1. The van der Waals surface area contributed by atoms with E-state index in [-0.39, 0.29) is 34.6 Å². The van der Waals surface area contributed by atoms with Crippen LogP contribution in [0.2, 0.25) is 0 Å². The van der Waals surface area contributed by atoms with Crippen LogP contribution in [0.15, 0.2) is 48.5 Å². The molecule has 4 rings (SSSR count). The second-order valence-electron chi connectivity index (χ2n) is 7.21. The van der Waals surface area contributed by atoms with Gasteiger partial charge in [-0.05, 0) is 35.4 Å². The second-order valence-corrected chi connectivity index (χ2v) is 7.21. The molecule has 0 bridgehead atoms. The summed E-state index contributed by atoms with van der Waals surface area (Å²) in [6.45, 7) is 7.37. The zero-order valence-electron chi connectivity index (χ0n) is 15.1. The molecule has 2 aromatic rings. The van der Waals surface area contributed by atoms with Gasteiger partial charge in [0.25, 0.3) is 0 Å². The minimum Gasteiger partial charge on any atom is -0.491 e. The predicted molar refractivity (Wildman–Crippen MR) is 106 cm³/mol. The quantitative estimate of drug-likeness (QED) is 0.601. The van der Waals surface area contributed by atoms with Crippen molar-refractivity contribution in [3.63, 3.8) is 0 Å². The number of ether oxygens (including phenoxy) is 4. The van der Waals surface area contributed by atoms with E-state index in [1.54, 1.807) is 0 Å². The topological polar surface area (TPSA) is 43.5 Å². The van der Waals surface area contributed by atoms with Crippen molar-refractivity contribution in [2.45, 2.75) is 31.5 Å². The van der Waals surface area contributed by atoms with Crippen molar-refractivity contribution in [1.82, 2.24) is 0 Å². The van der Waals surface area contributed by atoms with E-state index < -0.39 is 0 Å². The third-order valence-electron chi connectivity index (χ3n) is 4.83. The fourth-order valence-electron chi connectivity index (χ4n) is 2.81. The zero-order chi connectivity index (χ0) is 17.3. The average molecular weight is 421 g/mol. The summed E-state index contributed by atoms with van der Waals surface area (Å²) in [5, 5.41) is 0. The summed E-state index contributed by atoms with van der Waals surface area (Å²) in [6, 6.07) is 16.7. The SMILES string of the molecule is Br.CC(C)(c1ccc(OCC2CO2)cc1)c1ccc(OCC2CO2)cc1. The lowest BCUT2D eigenvalue weighted by Gasteiger charge is -2.26. The molecule has 2 unspecified atom stereocenters. The summed E-state index contributed by atoms with van der Waals surface area (Å²) < 4.78 is 21.8. The lowest BCUT2D eigenvalue weighted by atomic mass is 9.78. The molecular formula is C21H25BrO4. The highest BCUT2D eigenvalue weighted by Crippen LogP contribution is 2.33. The van der Waals surface area contributed by atoms with Crippen LogP contribution in [0.3, 0.4) is 0 Å². The van der Waals surface area contributed by atoms with Crippen molar-refractivity contribution in [1.29, 1.82) is 0 Å². The highest BCUT2D eigenvalue weighted by molar-refractivity contribution is 8.93. The molecule has 2 aliphatic heterocycles. The highest BCUT2D eigenvalue weighted by atomic mass is 79.9. The van der Waals surface area contributed by atoms with E-state index in [0.29, 0.717) is 13.2 Å². The molecule has 2 aliphatic rings. The Hall–Kier alpha value is -1.56. The molecule has 0 aliphatic carbocycles. The van der Waals surface area contributed by atoms with Crippen LogP contribution in [0.1, 0.15) is 25.0 Å². The van der Waals surface area contributed by atoms with Crippen molar-refractivity contribution >= 4 is 17.0 Å². The molecule has 140 valence electrons. The summed E-state index contributed by atoms with van der Waals surface area (Å²) in [7, 11) is 0. The Labute approximate surface area is 165 Å². The second kappa shape index (κ2) is 7.99. The molecular weight excluding hydrogens is 396 g/mol. The Morgan fingerprint density at radius 3 is 1.42 bits per heavy atom. The summed E-state index contributed by atoms with van der Waals surface area (Å²) in [5.41, 5.74) is 2.42. The molecule has 0 N–H and O–H groups in total. The number of rotatable bonds is 8. The van der Waals surface area contributed by atoms with Gasteiger partial charge in [-0.1, -0.05) is 38.1 Å². The van der Waals surface area contributed by atoms with E-state index in [0.717, 1.165) is 24.7 Å². The van der Waals surface area contributed by atoms with Gasteiger partial charge in [-0.2, -0.15) is 0 Å². The van der Waals surface area contributed by atoms with Crippen molar-refractivity contribution < 1.29 is 18.9 Å². The lowest BCUT2D eigenvalue weighted by Crippen LogP contribution is -2.18. The van der Waals surface area contributed by atoms with Gasteiger partial charge in [0.05, 0.1) is 13.2 Å². The smallest absolute Gasteiger partial charge is 0.119 e. The Morgan fingerprint density at radius 2 is 1.12 bits per heavy atom. The van der Waals surface area contributed by atoms with Crippen LogP contribution in [-0.2, 0) is 14.9 Å². The largest absolute Gasteiger partial charge is 0.491 e. The molecule has 26 heavy (non-hydrogen) atoms. The molecule has 0 radical (unpaired) electrons. The van der Waals surface area contributed by atoms with Crippen LogP contribution in [0.25, 0.3) is 0 Å². The van der Waals surface area contributed by atoms with Gasteiger partial charge in [-0.25, -0.2) is 0 Å². The van der Waals surface area contributed by atoms with E-state index in [9.17, 15) is 0 Å². The number of hydrogen-bond donors (Lipinski definition) is 0. The summed E-state index contributed by atoms with van der Waals surface area (Å²) in [4.78, 5) is 0. The standard InChI is InChI=1S/C21H24O4.BrH/c1-21(2,15-3-7-17(8-4-15)22-11-19-13-24-19)16-5-9-18(10-6-16)23-12-20-14-25-20;/h3-10,19-20H,11-14H2,1-2H3;1H. The number of hydrogen-bond acceptors (Lipinski definition) is 4. The minimum atomic E-state index is -0.0870. The molecule has 2 heterocycles. The molecule has 0 spiro atoms. The maximum atomic E-state index is 5.72. The first-order valence-corrected chi connectivity index (χ1v) is 8.81. The Bertz CT molecular complexity index is 642. The Kier molecular flexibility index (Phi) is 5.90. The summed E-state index contributed by atoms with van der Waals surface area (Å²) in [6.07, 6.45) is 0.562. The van der Waals surface area contributed by atoms with Gasteiger partial charge in [0, 0.05) is 5.41 Å². The average Bonchev–Trinajstić information content (AvgIpc) is 3.54. The fourth-order valence-corrected chi connectivity index (χ4v) is 2.81. The minimum absolute atomic E-state index is 0. The van der Waals surface area contributed by atoms with Gasteiger partial charge < -0.3 is 18.9 Å². The molecule has 0 saturated carbocycles. The molecule has 0 amide bonds. The van der Waals surface area contributed by atoms with Crippen LogP contribution < -0.4 is 9.47 Å². The Morgan fingerprint density at radius 1 is 0.769 bits per heavy atom. The summed E-state index contributed by atoms with van der Waals surface area (Å²) >= 11 is 0. The van der Waals surface area contributed by atoms with E-state index in [2.05, 4.69) is 38.1 Å². The predicted octanol–water partition coefficient (Wildman–Crippen LogP) is 4.15. The lowest BCUT2D eigenvalue weighted by molar-refractivity contribution is 0.263. The van der Waals surface area contributed by atoms with Gasteiger partial charge in [0.1, 0.15) is 36.9 Å². The first-order chi connectivity index (χ1) is 12.1. The highest BCUT2D eigenvalue weighted by Gasteiger charge is 2.25. The molecule has 2 aromatic carbocycles. The van der Waals surface area contributed by atoms with E-state index in [4.69, 9.17) is 18.9 Å². The Balaban J connectivity index is 0.00000196. The van der Waals surface area contributed by atoms with Gasteiger partial charge in [-0.3, -0.25) is 0 Å². The van der Waals surface area contributed by atoms with Crippen molar-refractivity contribution in [2.75, 3.05) is 26.4 Å². The molecule has 4 nitrogen and oxygen atoms in total. The molecule has 5 heteroatoms. The van der Waals surface area contributed by atoms with Crippen LogP contribution in [-0.4, -0.2) is 38.6 Å². The molecule has 2 fully saturated rings. The first kappa shape index (κ1) is 19.2. The van der Waals surface area contributed by atoms with Gasteiger partial charge in [0.15, 0.2) is 0 Å². The summed E-state index contributed by atoms with van der Waals surface area (Å²) in [5.74, 6) is 1.78. The van der Waals surface area contributed by atoms with Gasteiger partial charge in [-0.15, -0.1) is 17.0 Å². The number of epoxide rings is 2. The van der Waals surface area contributed by atoms with Crippen LogP contribution in [0.5, 0.6) is 11.5 Å². The monoisotopic (exact) mass is 420 g/mol. The van der Waals surface area contributed by atoms with E-state index >= 15 is 0 Å². The molecule has 0 aromatic heterocycles. The van der Waals surface area contributed by atoms with Crippen LogP contribution in [0, 0.1) is 0 Å². The number of benzene rings is 2. The van der Waals surface area contributed by atoms with Crippen LogP contribution >= 0.6 is 17.0 Å². The third-order valence-corrected chi connectivity index (χ3v) is 4.83. The van der Waals surface area contributed by atoms with Crippen LogP contribution in [0.4, 0.5) is 0 Å². The van der Waals surface area contributed by atoms with Crippen molar-refractivity contribution in [3.05, 3.63) is 59.7 Å². The maximum absolute atomic E-state index is 5.72. The van der Waals surface area contributed by atoms with Gasteiger partial charge in [0.2, 0.25) is 0 Å². The van der Waals surface area contributed by atoms with E-state index in [1.807, 2.05) is 24.3 Å². The molecule has 2 saturated heterocycles. The first-order valence-electron chi connectivity index (χ1n) is 8.81. The van der Waals surface area contributed by atoms with Gasteiger partial charge >= 0.3 is 0 Å². The third kappa shape index (κ3) is 4.78. The van der Waals surface area contributed by atoms with Crippen molar-refractivity contribution in [3.8, 4) is 11.5 Å². The maximum Gasteiger partial charge on any atom is 0.119 e. The normalized spacial score (nSPS) is 20.8. The molecule has 2 atom stereocenters. The van der Waals surface area contributed by atoms with Crippen molar-refractivity contribution in [2.24, 2.45) is 0 Å².